The number of nitrogens with zero attached hydrogens (tertiary/aromatic N) is 1. The molecule has 2 aromatic rings. The van der Waals surface area contributed by atoms with Crippen LogP contribution in [0.2, 0.25) is 0 Å². The van der Waals surface area contributed by atoms with Gasteiger partial charge in [0.2, 0.25) is 0 Å². The Labute approximate surface area is 116 Å². The fraction of sp³-hybridized carbons (Fsp3) is 0.188. The van der Waals surface area contributed by atoms with Gasteiger partial charge in [0.15, 0.2) is 0 Å². The third kappa shape index (κ3) is 2.84. The van der Waals surface area contributed by atoms with Crippen molar-refractivity contribution in [2.24, 2.45) is 0 Å². The fourth-order valence-electron chi connectivity index (χ4n) is 2.01. The molecule has 0 aromatic heterocycles. The predicted octanol–water partition coefficient (Wildman–Crippen LogP) is 3.78. The van der Waals surface area contributed by atoms with Gasteiger partial charge in [0, 0.05) is 11.6 Å². The van der Waals surface area contributed by atoms with Gasteiger partial charge in [-0.15, -0.1) is 0 Å². The Morgan fingerprint density at radius 3 is 2.55 bits per heavy atom. The Morgan fingerprint density at radius 1 is 1.15 bits per heavy atom. The van der Waals surface area contributed by atoms with Crippen molar-refractivity contribution >= 4 is 0 Å². The first-order chi connectivity index (χ1) is 9.55. The van der Waals surface area contributed by atoms with Gasteiger partial charge < -0.3 is 5.32 Å². The number of halogens is 2. The molecule has 0 radical (unpaired) electrons. The number of benzene rings is 2. The highest BCUT2D eigenvalue weighted by Crippen LogP contribution is 2.27. The number of hydrogen-bond donors (Lipinski definition) is 1. The molecule has 0 fully saturated rings. The van der Waals surface area contributed by atoms with Crippen LogP contribution in [0, 0.1) is 23.0 Å². The predicted molar refractivity (Wildman–Crippen MR) is 74.0 cm³/mol. The summed E-state index contributed by atoms with van der Waals surface area (Å²) in [6.45, 7) is 1.95. The molecule has 2 aromatic carbocycles. The summed E-state index contributed by atoms with van der Waals surface area (Å²) in [5.41, 5.74) is 1.72. The molecule has 0 heterocycles. The zero-order chi connectivity index (χ0) is 14.7. The van der Waals surface area contributed by atoms with Crippen LogP contribution in [-0.2, 0) is 0 Å². The number of hydrogen-bond acceptors (Lipinski definition) is 2. The minimum absolute atomic E-state index is 0.0540. The Kier molecular flexibility index (Phi) is 4.11. The monoisotopic (exact) mass is 272 g/mol. The molecule has 20 heavy (non-hydrogen) atoms. The van der Waals surface area contributed by atoms with Crippen LogP contribution in [0.25, 0.3) is 11.1 Å². The van der Waals surface area contributed by atoms with E-state index in [9.17, 15) is 8.78 Å². The summed E-state index contributed by atoms with van der Waals surface area (Å²) in [6.07, 6.45) is 0. The van der Waals surface area contributed by atoms with Gasteiger partial charge in [-0.3, -0.25) is 0 Å². The maximum atomic E-state index is 14.0. The molecule has 0 aliphatic carbocycles. The smallest absolute Gasteiger partial charge is 0.131 e. The highest BCUT2D eigenvalue weighted by molar-refractivity contribution is 5.67. The summed E-state index contributed by atoms with van der Waals surface area (Å²) in [5.74, 6) is -0.989. The van der Waals surface area contributed by atoms with E-state index < -0.39 is 11.6 Å². The summed E-state index contributed by atoms with van der Waals surface area (Å²) < 4.78 is 27.4. The molecule has 1 unspecified atom stereocenters. The molecule has 1 N–H and O–H groups in total. The molecule has 2 rings (SSSR count). The molecule has 0 bridgehead atoms. The zero-order valence-electron chi connectivity index (χ0n) is 11.2. The lowest BCUT2D eigenvalue weighted by molar-refractivity contribution is 0.619. The lowest BCUT2D eigenvalue weighted by atomic mass is 9.98. The van der Waals surface area contributed by atoms with Crippen LogP contribution in [0.1, 0.15) is 24.1 Å². The zero-order valence-corrected chi connectivity index (χ0v) is 11.2. The Bertz CT molecular complexity index is 675. The maximum absolute atomic E-state index is 14.0. The van der Waals surface area contributed by atoms with E-state index in [1.54, 1.807) is 12.1 Å². The van der Waals surface area contributed by atoms with Gasteiger partial charge in [-0.2, -0.15) is 5.26 Å². The largest absolute Gasteiger partial charge is 0.313 e. The lowest BCUT2D eigenvalue weighted by Gasteiger charge is -2.13. The van der Waals surface area contributed by atoms with E-state index in [0.29, 0.717) is 11.1 Å². The topological polar surface area (TPSA) is 35.8 Å². The molecule has 0 saturated heterocycles. The second kappa shape index (κ2) is 5.81. The van der Waals surface area contributed by atoms with Crippen molar-refractivity contribution in [3.8, 4) is 17.2 Å². The van der Waals surface area contributed by atoms with Crippen LogP contribution in [-0.4, -0.2) is 7.05 Å². The first-order valence-electron chi connectivity index (χ1n) is 6.23. The summed E-state index contributed by atoms with van der Waals surface area (Å²) in [6, 6.07) is 10.5. The minimum Gasteiger partial charge on any atom is -0.313 e. The van der Waals surface area contributed by atoms with E-state index in [4.69, 9.17) is 5.26 Å². The van der Waals surface area contributed by atoms with Crippen LogP contribution in [0.4, 0.5) is 8.78 Å². The van der Waals surface area contributed by atoms with Crippen molar-refractivity contribution in [1.82, 2.24) is 5.32 Å². The van der Waals surface area contributed by atoms with Gasteiger partial charge in [-0.05, 0) is 55.4 Å². The molecular weight excluding hydrogens is 258 g/mol. The second-order valence-electron chi connectivity index (χ2n) is 4.59. The van der Waals surface area contributed by atoms with Crippen molar-refractivity contribution in [1.29, 1.82) is 5.26 Å². The summed E-state index contributed by atoms with van der Waals surface area (Å²) in [4.78, 5) is 0. The highest BCUT2D eigenvalue weighted by Gasteiger charge is 2.11. The van der Waals surface area contributed by atoms with Crippen molar-refractivity contribution in [3.05, 3.63) is 59.2 Å². The molecule has 2 nitrogen and oxygen atoms in total. The molecular formula is C16H14F2N2. The van der Waals surface area contributed by atoms with Crippen LogP contribution in [0.5, 0.6) is 0 Å². The van der Waals surface area contributed by atoms with E-state index in [1.165, 1.54) is 18.2 Å². The molecule has 0 amide bonds. The van der Waals surface area contributed by atoms with Gasteiger partial charge in [-0.1, -0.05) is 6.07 Å². The standard InChI is InChI=1S/C16H14F2N2/c1-10(20-2)12-3-4-16(18)15(8-12)13-5-11(9-19)6-14(17)7-13/h3-8,10,20H,1-2H3. The lowest BCUT2D eigenvalue weighted by Crippen LogP contribution is -2.12. The minimum atomic E-state index is -0.550. The number of nitrogens with one attached hydrogen (secondary N) is 1. The summed E-state index contributed by atoms with van der Waals surface area (Å²) in [7, 11) is 1.81. The highest BCUT2D eigenvalue weighted by atomic mass is 19.1. The third-order valence-corrected chi connectivity index (χ3v) is 3.26. The van der Waals surface area contributed by atoms with Crippen LogP contribution >= 0.6 is 0 Å². The molecule has 102 valence electrons. The van der Waals surface area contributed by atoms with Crippen LogP contribution in [0.3, 0.4) is 0 Å². The van der Waals surface area contributed by atoms with Crippen molar-refractivity contribution in [3.63, 3.8) is 0 Å². The van der Waals surface area contributed by atoms with Crippen molar-refractivity contribution in [2.75, 3.05) is 7.05 Å². The average Bonchev–Trinajstić information content (AvgIpc) is 2.46. The summed E-state index contributed by atoms with van der Waals surface area (Å²) in [5, 5.41) is 11.9. The van der Waals surface area contributed by atoms with E-state index >= 15 is 0 Å². The molecule has 0 aliphatic heterocycles. The summed E-state index contributed by atoms with van der Waals surface area (Å²) >= 11 is 0. The van der Waals surface area contributed by atoms with Crippen LogP contribution in [0.15, 0.2) is 36.4 Å². The maximum Gasteiger partial charge on any atom is 0.131 e. The molecule has 0 spiro atoms. The van der Waals surface area contributed by atoms with Gasteiger partial charge in [0.05, 0.1) is 11.6 Å². The van der Waals surface area contributed by atoms with Gasteiger partial charge >= 0.3 is 0 Å². The first-order valence-corrected chi connectivity index (χ1v) is 6.23. The van der Waals surface area contributed by atoms with E-state index in [2.05, 4.69) is 5.32 Å². The van der Waals surface area contributed by atoms with E-state index in [0.717, 1.165) is 11.6 Å². The Hall–Kier alpha value is -2.25. The van der Waals surface area contributed by atoms with E-state index in [1.807, 2.05) is 20.0 Å². The van der Waals surface area contributed by atoms with E-state index in [-0.39, 0.29) is 11.6 Å². The van der Waals surface area contributed by atoms with Crippen molar-refractivity contribution in [2.45, 2.75) is 13.0 Å². The second-order valence-corrected chi connectivity index (χ2v) is 4.59. The Balaban J connectivity index is 2.57. The SMILES string of the molecule is CNC(C)c1ccc(F)c(-c2cc(F)cc(C#N)c2)c1. The molecule has 0 saturated carbocycles. The quantitative estimate of drug-likeness (QED) is 0.922. The van der Waals surface area contributed by atoms with Gasteiger partial charge in [0.1, 0.15) is 11.6 Å². The first kappa shape index (κ1) is 14.2. The number of nitriles is 1. The Morgan fingerprint density at radius 2 is 1.90 bits per heavy atom. The van der Waals surface area contributed by atoms with Gasteiger partial charge in [-0.25, -0.2) is 8.78 Å². The van der Waals surface area contributed by atoms with Crippen LogP contribution < -0.4 is 5.32 Å². The molecule has 4 heteroatoms. The average molecular weight is 272 g/mol. The van der Waals surface area contributed by atoms with Gasteiger partial charge in [0.25, 0.3) is 0 Å². The van der Waals surface area contributed by atoms with Crippen molar-refractivity contribution < 1.29 is 8.78 Å². The molecule has 0 aliphatic rings. The molecule has 1 atom stereocenters. The third-order valence-electron chi connectivity index (χ3n) is 3.26. The fourth-order valence-corrected chi connectivity index (χ4v) is 2.01. The normalized spacial score (nSPS) is 11.9. The number of rotatable bonds is 3.